The summed E-state index contributed by atoms with van der Waals surface area (Å²) in [5.74, 6) is 2.94. The highest BCUT2D eigenvalue weighted by atomic mass is 35.5. The lowest BCUT2D eigenvalue weighted by Gasteiger charge is -2.15. The molecule has 0 aliphatic carbocycles. The van der Waals surface area contributed by atoms with Crippen molar-refractivity contribution in [3.8, 4) is 0 Å². The number of halogens is 2. The monoisotopic (exact) mass is 363 g/mol. The van der Waals surface area contributed by atoms with Crippen LogP contribution in [-0.4, -0.2) is 40.4 Å². The van der Waals surface area contributed by atoms with Crippen molar-refractivity contribution in [2.24, 2.45) is 0 Å². The molecule has 0 spiro atoms. The molecule has 122 valence electrons. The minimum absolute atomic E-state index is 0.0294. The van der Waals surface area contributed by atoms with Crippen molar-refractivity contribution in [2.75, 3.05) is 23.7 Å². The molecule has 0 atom stereocenters. The van der Waals surface area contributed by atoms with Crippen molar-refractivity contribution in [3.05, 3.63) is 11.3 Å². The van der Waals surface area contributed by atoms with Crippen LogP contribution in [0.2, 0.25) is 0 Å². The SMILES string of the molecule is CN(C(=O)CCCCl)c1nn(C(=O)CCCCl)c2c1CSC2. The second-order valence-corrected chi connectivity index (χ2v) is 6.83. The van der Waals surface area contributed by atoms with E-state index in [4.69, 9.17) is 23.2 Å². The van der Waals surface area contributed by atoms with Crippen molar-refractivity contribution in [1.82, 2.24) is 9.78 Å². The van der Waals surface area contributed by atoms with Crippen molar-refractivity contribution in [3.63, 3.8) is 0 Å². The van der Waals surface area contributed by atoms with Gasteiger partial charge in [0.25, 0.3) is 0 Å². The third kappa shape index (κ3) is 3.78. The van der Waals surface area contributed by atoms with E-state index in [0.717, 1.165) is 22.8 Å². The molecule has 0 bridgehead atoms. The number of rotatable bonds is 7. The lowest BCUT2D eigenvalue weighted by molar-refractivity contribution is -0.118. The lowest BCUT2D eigenvalue weighted by atomic mass is 10.2. The number of thioether (sulfide) groups is 1. The number of carbonyl (C=O) groups excluding carboxylic acids is 2. The van der Waals surface area contributed by atoms with Gasteiger partial charge in [-0.3, -0.25) is 14.5 Å². The van der Waals surface area contributed by atoms with Crippen LogP contribution in [0.4, 0.5) is 5.82 Å². The molecule has 1 aromatic heterocycles. The average molecular weight is 364 g/mol. The fraction of sp³-hybridized carbons (Fsp3) is 0.643. The molecule has 0 fully saturated rings. The van der Waals surface area contributed by atoms with Crippen LogP contribution in [0.3, 0.4) is 0 Å². The van der Waals surface area contributed by atoms with Crippen LogP contribution < -0.4 is 4.90 Å². The molecule has 8 heteroatoms. The number of anilines is 1. The summed E-state index contributed by atoms with van der Waals surface area (Å²) in [7, 11) is 1.70. The van der Waals surface area contributed by atoms with Crippen LogP contribution in [0.15, 0.2) is 0 Å². The Balaban J connectivity index is 2.22. The molecule has 1 amide bonds. The molecular weight excluding hydrogens is 345 g/mol. The maximum absolute atomic E-state index is 12.3. The van der Waals surface area contributed by atoms with Crippen LogP contribution in [-0.2, 0) is 16.3 Å². The van der Waals surface area contributed by atoms with E-state index < -0.39 is 0 Å². The molecular formula is C14H19Cl2N3O2S. The third-order valence-electron chi connectivity index (χ3n) is 3.53. The van der Waals surface area contributed by atoms with Crippen LogP contribution in [0, 0.1) is 0 Å². The van der Waals surface area contributed by atoms with E-state index in [0.29, 0.717) is 43.3 Å². The van der Waals surface area contributed by atoms with E-state index in [9.17, 15) is 9.59 Å². The second-order valence-electron chi connectivity index (χ2n) is 5.09. The Morgan fingerprint density at radius 1 is 1.23 bits per heavy atom. The van der Waals surface area contributed by atoms with Gasteiger partial charge in [0.05, 0.1) is 5.69 Å². The molecule has 0 unspecified atom stereocenters. The van der Waals surface area contributed by atoms with E-state index in [1.165, 1.54) is 4.68 Å². The van der Waals surface area contributed by atoms with Crippen molar-refractivity contribution in [1.29, 1.82) is 0 Å². The molecule has 22 heavy (non-hydrogen) atoms. The van der Waals surface area contributed by atoms with Gasteiger partial charge in [-0.1, -0.05) is 0 Å². The predicted molar refractivity (Wildman–Crippen MR) is 91.2 cm³/mol. The highest BCUT2D eigenvalue weighted by molar-refractivity contribution is 7.98. The summed E-state index contributed by atoms with van der Waals surface area (Å²) in [6.45, 7) is 0. The van der Waals surface area contributed by atoms with E-state index in [2.05, 4.69) is 5.10 Å². The zero-order valence-electron chi connectivity index (χ0n) is 12.5. The smallest absolute Gasteiger partial charge is 0.247 e. The molecule has 1 aliphatic rings. The number of fused-ring (bicyclic) bond motifs is 1. The summed E-state index contributed by atoms with van der Waals surface area (Å²) < 4.78 is 1.46. The van der Waals surface area contributed by atoms with Crippen LogP contribution in [0.5, 0.6) is 0 Å². The Hall–Kier alpha value is -0.720. The van der Waals surface area contributed by atoms with Gasteiger partial charge < -0.3 is 0 Å². The summed E-state index contributed by atoms with van der Waals surface area (Å²) >= 11 is 13.0. The Morgan fingerprint density at radius 2 is 1.91 bits per heavy atom. The lowest BCUT2D eigenvalue weighted by Crippen LogP contribution is -2.27. The quantitative estimate of drug-likeness (QED) is 0.697. The molecule has 0 saturated heterocycles. The zero-order valence-corrected chi connectivity index (χ0v) is 14.8. The summed E-state index contributed by atoms with van der Waals surface area (Å²) in [4.78, 5) is 26.0. The first-order valence-corrected chi connectivity index (χ1v) is 9.42. The molecule has 1 aliphatic heterocycles. The summed E-state index contributed by atoms with van der Waals surface area (Å²) in [6.07, 6.45) is 2.01. The molecule has 5 nitrogen and oxygen atoms in total. The molecule has 1 aromatic rings. The molecule has 0 N–H and O–H groups in total. The molecule has 0 aromatic carbocycles. The van der Waals surface area contributed by atoms with Crippen LogP contribution in [0.1, 0.15) is 41.7 Å². The highest BCUT2D eigenvalue weighted by Crippen LogP contribution is 2.36. The summed E-state index contributed by atoms with van der Waals surface area (Å²) in [5, 5.41) is 4.40. The van der Waals surface area contributed by atoms with Crippen molar-refractivity contribution in [2.45, 2.75) is 37.2 Å². The summed E-state index contributed by atoms with van der Waals surface area (Å²) in [5.41, 5.74) is 1.91. The fourth-order valence-electron chi connectivity index (χ4n) is 2.32. The van der Waals surface area contributed by atoms with E-state index in [-0.39, 0.29) is 11.8 Å². The molecule has 0 radical (unpaired) electrons. The predicted octanol–water partition coefficient (Wildman–Crippen LogP) is 3.27. The van der Waals surface area contributed by atoms with Gasteiger partial charge in [0.15, 0.2) is 5.82 Å². The van der Waals surface area contributed by atoms with Crippen molar-refractivity contribution >= 4 is 52.6 Å². The number of aromatic nitrogens is 2. The number of carbonyl (C=O) groups is 2. The fourth-order valence-corrected chi connectivity index (χ4v) is 3.68. The number of alkyl halides is 2. The first kappa shape index (κ1) is 17.6. The van der Waals surface area contributed by atoms with Crippen molar-refractivity contribution < 1.29 is 9.59 Å². The largest absolute Gasteiger partial charge is 0.298 e. The third-order valence-corrected chi connectivity index (χ3v) is 5.04. The Kier molecular flexibility index (Phi) is 6.59. The Bertz CT molecular complexity index is 563. The van der Waals surface area contributed by atoms with Gasteiger partial charge in [-0.15, -0.1) is 28.3 Å². The van der Waals surface area contributed by atoms with E-state index >= 15 is 0 Å². The van der Waals surface area contributed by atoms with Gasteiger partial charge in [-0.05, 0) is 12.8 Å². The number of hydrogen-bond acceptors (Lipinski definition) is 4. The maximum Gasteiger partial charge on any atom is 0.247 e. The normalized spacial score (nSPS) is 13.2. The van der Waals surface area contributed by atoms with Gasteiger partial charge in [-0.2, -0.15) is 11.8 Å². The minimum atomic E-state index is -0.0627. The topological polar surface area (TPSA) is 55.2 Å². The summed E-state index contributed by atoms with van der Waals surface area (Å²) in [6, 6.07) is 0. The first-order chi connectivity index (χ1) is 10.6. The molecule has 0 saturated carbocycles. The van der Waals surface area contributed by atoms with Crippen LogP contribution in [0.25, 0.3) is 0 Å². The van der Waals surface area contributed by atoms with Gasteiger partial charge in [0, 0.05) is 48.7 Å². The molecule has 2 rings (SSSR count). The number of hydrogen-bond donors (Lipinski definition) is 0. The number of amides is 1. The maximum atomic E-state index is 12.3. The number of nitrogens with zero attached hydrogens (tertiary/aromatic N) is 3. The Labute approximate surface area is 144 Å². The van der Waals surface area contributed by atoms with E-state index in [1.54, 1.807) is 23.7 Å². The highest BCUT2D eigenvalue weighted by Gasteiger charge is 2.29. The van der Waals surface area contributed by atoms with Gasteiger partial charge >= 0.3 is 0 Å². The van der Waals surface area contributed by atoms with Gasteiger partial charge in [-0.25, -0.2) is 4.68 Å². The Morgan fingerprint density at radius 3 is 2.59 bits per heavy atom. The minimum Gasteiger partial charge on any atom is -0.298 e. The van der Waals surface area contributed by atoms with Gasteiger partial charge in [0.1, 0.15) is 0 Å². The van der Waals surface area contributed by atoms with Gasteiger partial charge in [0.2, 0.25) is 11.8 Å². The average Bonchev–Trinajstić information content (AvgIpc) is 3.11. The first-order valence-electron chi connectivity index (χ1n) is 7.20. The zero-order chi connectivity index (χ0) is 16.1. The van der Waals surface area contributed by atoms with E-state index in [1.807, 2.05) is 0 Å². The molecule has 2 heterocycles. The second kappa shape index (κ2) is 8.22. The standard InChI is InChI=1S/C14H19Cl2N3O2S/c1-18(12(20)4-2-6-15)14-10-8-22-9-11(10)19(17-14)13(21)5-3-7-16/h2-9H2,1H3. The van der Waals surface area contributed by atoms with Crippen LogP contribution >= 0.6 is 35.0 Å².